The summed E-state index contributed by atoms with van der Waals surface area (Å²) in [5, 5.41) is 0. The lowest BCUT2D eigenvalue weighted by Gasteiger charge is -2.37. The van der Waals surface area contributed by atoms with Gasteiger partial charge in [-0.2, -0.15) is 13.2 Å². The van der Waals surface area contributed by atoms with E-state index in [2.05, 4.69) is 14.7 Å². The zero-order valence-corrected chi connectivity index (χ0v) is 17.1. The van der Waals surface area contributed by atoms with Gasteiger partial charge in [0.2, 0.25) is 0 Å². The number of Topliss-reactive ketones (excluding diaryl/α,β-unsaturated/α-hetero) is 1. The highest BCUT2D eigenvalue weighted by Gasteiger charge is 2.52. The van der Waals surface area contributed by atoms with Gasteiger partial charge in [0.05, 0.1) is 0 Å². The number of alkyl halides is 6. The van der Waals surface area contributed by atoms with E-state index >= 15 is 0 Å². The van der Waals surface area contributed by atoms with Crippen molar-refractivity contribution in [3.8, 4) is 0 Å². The normalized spacial score (nSPS) is 21.0. The second-order valence-corrected chi connectivity index (χ2v) is 7.62. The van der Waals surface area contributed by atoms with Crippen LogP contribution in [0, 0.1) is 12.7 Å². The molecular formula is C21H18F7N3O2. The quantitative estimate of drug-likeness (QED) is 0.483. The predicted octanol–water partition coefficient (Wildman–Crippen LogP) is 4.72. The third-order valence-corrected chi connectivity index (χ3v) is 5.20. The Hall–Kier alpha value is -3.18. The van der Waals surface area contributed by atoms with E-state index < -0.39 is 66.9 Å². The van der Waals surface area contributed by atoms with Crippen LogP contribution in [0.15, 0.2) is 35.5 Å². The Morgan fingerprint density at radius 1 is 1.30 bits per heavy atom. The standard InChI is InChI=1S/C21H18F7N3O2/c1-10-4-11(6-15(32)14-3-2-12(8-30-14)18(24)25)5-13(17(10)23)20(9-22)7-16(21(26,27)28)33-19(29)31-20/h2-5,8,16,18H,6-7,9H2,1H3,(H2,29,31)/t16-,20+/m0/s1. The molecule has 0 saturated heterocycles. The van der Waals surface area contributed by atoms with Crippen molar-refractivity contribution in [2.75, 3.05) is 6.67 Å². The zero-order chi connectivity index (χ0) is 24.6. The van der Waals surface area contributed by atoms with Crippen molar-refractivity contribution in [3.05, 3.63) is 64.2 Å². The van der Waals surface area contributed by atoms with E-state index in [0.29, 0.717) is 0 Å². The number of halogens is 7. The van der Waals surface area contributed by atoms with Crippen LogP contribution in [0.2, 0.25) is 0 Å². The Labute approximate surface area is 183 Å². The molecule has 0 unspecified atom stereocenters. The molecule has 0 spiro atoms. The summed E-state index contributed by atoms with van der Waals surface area (Å²) in [5.74, 6) is -1.62. The maximum Gasteiger partial charge on any atom is 0.425 e. The molecule has 0 radical (unpaired) electrons. The van der Waals surface area contributed by atoms with Crippen molar-refractivity contribution in [1.29, 1.82) is 0 Å². The van der Waals surface area contributed by atoms with Gasteiger partial charge in [-0.3, -0.25) is 9.78 Å². The molecule has 178 valence electrons. The molecular weight excluding hydrogens is 459 g/mol. The number of ketones is 1. The number of hydrogen-bond acceptors (Lipinski definition) is 5. The first-order valence-corrected chi connectivity index (χ1v) is 9.58. The summed E-state index contributed by atoms with van der Waals surface area (Å²) in [7, 11) is 0. The minimum atomic E-state index is -4.91. The number of nitrogens with two attached hydrogens (primary N) is 1. The molecule has 12 heteroatoms. The zero-order valence-electron chi connectivity index (χ0n) is 17.1. The molecule has 2 atom stereocenters. The maximum absolute atomic E-state index is 15.0. The van der Waals surface area contributed by atoms with Crippen LogP contribution in [0.4, 0.5) is 30.7 Å². The molecule has 0 fully saturated rings. The Morgan fingerprint density at radius 2 is 2.00 bits per heavy atom. The highest BCUT2D eigenvalue weighted by Crippen LogP contribution is 2.42. The van der Waals surface area contributed by atoms with Gasteiger partial charge in [-0.15, -0.1) is 0 Å². The Bertz CT molecular complexity index is 1070. The number of ether oxygens (including phenoxy) is 1. The van der Waals surface area contributed by atoms with Gasteiger partial charge in [0.15, 0.2) is 11.9 Å². The van der Waals surface area contributed by atoms with E-state index in [1.165, 1.54) is 13.0 Å². The number of amidine groups is 1. The van der Waals surface area contributed by atoms with Crippen molar-refractivity contribution in [2.45, 2.75) is 44.0 Å². The molecule has 1 aliphatic rings. The monoisotopic (exact) mass is 477 g/mol. The third kappa shape index (κ3) is 5.09. The number of hydrogen-bond donors (Lipinski definition) is 1. The molecule has 33 heavy (non-hydrogen) atoms. The fourth-order valence-electron chi connectivity index (χ4n) is 3.55. The number of benzene rings is 1. The average molecular weight is 477 g/mol. The summed E-state index contributed by atoms with van der Waals surface area (Å²) >= 11 is 0. The molecule has 2 aromatic rings. The molecule has 1 aromatic carbocycles. The molecule has 0 amide bonds. The smallest absolute Gasteiger partial charge is 0.425 e. The maximum atomic E-state index is 15.0. The van der Waals surface area contributed by atoms with Crippen molar-refractivity contribution in [1.82, 2.24) is 4.98 Å². The van der Waals surface area contributed by atoms with Crippen molar-refractivity contribution < 1.29 is 40.3 Å². The van der Waals surface area contributed by atoms with Gasteiger partial charge >= 0.3 is 6.18 Å². The fraction of sp³-hybridized carbons (Fsp3) is 0.381. The molecule has 1 aliphatic heterocycles. The highest BCUT2D eigenvalue weighted by atomic mass is 19.4. The fourth-order valence-corrected chi connectivity index (χ4v) is 3.55. The predicted molar refractivity (Wildman–Crippen MR) is 103 cm³/mol. The van der Waals surface area contributed by atoms with Gasteiger partial charge in [0.1, 0.15) is 23.7 Å². The van der Waals surface area contributed by atoms with Crippen LogP contribution in [0.5, 0.6) is 0 Å². The number of aromatic nitrogens is 1. The van der Waals surface area contributed by atoms with Gasteiger partial charge in [-0.1, -0.05) is 6.07 Å². The first-order chi connectivity index (χ1) is 15.4. The topological polar surface area (TPSA) is 77.6 Å². The summed E-state index contributed by atoms with van der Waals surface area (Å²) in [6.45, 7) is -0.212. The van der Waals surface area contributed by atoms with Crippen molar-refractivity contribution in [3.63, 3.8) is 0 Å². The Morgan fingerprint density at radius 3 is 2.55 bits per heavy atom. The minimum absolute atomic E-state index is 0.0621. The van der Waals surface area contributed by atoms with Crippen LogP contribution in [-0.4, -0.2) is 35.7 Å². The van der Waals surface area contributed by atoms with E-state index in [1.807, 2.05) is 0 Å². The minimum Gasteiger partial charge on any atom is -0.452 e. The number of nitrogens with zero attached hydrogens (tertiary/aromatic N) is 2. The molecule has 0 bridgehead atoms. The number of aliphatic imine (C=N–C) groups is 1. The van der Waals surface area contributed by atoms with Crippen LogP contribution in [-0.2, 0) is 16.7 Å². The largest absolute Gasteiger partial charge is 0.452 e. The summed E-state index contributed by atoms with van der Waals surface area (Å²) < 4.78 is 98.7. The van der Waals surface area contributed by atoms with Gasteiger partial charge in [0, 0.05) is 30.2 Å². The highest BCUT2D eigenvalue weighted by molar-refractivity contribution is 5.95. The number of aryl methyl sites for hydroxylation is 1. The van der Waals surface area contributed by atoms with Gasteiger partial charge in [0.25, 0.3) is 12.4 Å². The average Bonchev–Trinajstić information content (AvgIpc) is 2.75. The van der Waals surface area contributed by atoms with E-state index in [0.717, 1.165) is 24.4 Å². The van der Waals surface area contributed by atoms with Crippen LogP contribution in [0.1, 0.15) is 45.6 Å². The van der Waals surface area contributed by atoms with E-state index in [1.54, 1.807) is 0 Å². The summed E-state index contributed by atoms with van der Waals surface area (Å²) in [6, 6.07) is 3.50. The molecule has 3 rings (SSSR count). The third-order valence-electron chi connectivity index (χ3n) is 5.20. The second-order valence-electron chi connectivity index (χ2n) is 7.62. The first kappa shape index (κ1) is 24.5. The molecule has 5 nitrogen and oxygen atoms in total. The Kier molecular flexibility index (Phi) is 6.66. The molecule has 2 N–H and O–H groups in total. The molecule has 0 aliphatic carbocycles. The summed E-state index contributed by atoms with van der Waals surface area (Å²) in [4.78, 5) is 19.9. The Balaban J connectivity index is 1.98. The van der Waals surface area contributed by atoms with Crippen molar-refractivity contribution in [2.24, 2.45) is 10.7 Å². The number of pyridine rings is 1. The van der Waals surface area contributed by atoms with Gasteiger partial charge < -0.3 is 10.5 Å². The van der Waals surface area contributed by atoms with Gasteiger partial charge in [-0.05, 0) is 36.2 Å². The number of carbonyl (C=O) groups is 1. The number of rotatable bonds is 6. The van der Waals surface area contributed by atoms with E-state index in [-0.39, 0.29) is 22.4 Å². The second kappa shape index (κ2) is 8.99. The van der Waals surface area contributed by atoms with Crippen molar-refractivity contribution >= 4 is 11.8 Å². The van der Waals surface area contributed by atoms with Crippen LogP contribution < -0.4 is 5.73 Å². The van der Waals surface area contributed by atoms with Crippen LogP contribution in [0.3, 0.4) is 0 Å². The molecule has 0 saturated carbocycles. The summed E-state index contributed by atoms with van der Waals surface area (Å²) in [6.07, 6.45) is -10.8. The van der Waals surface area contributed by atoms with E-state index in [9.17, 15) is 35.5 Å². The number of carbonyl (C=O) groups excluding carboxylic acids is 1. The van der Waals surface area contributed by atoms with Crippen LogP contribution >= 0.6 is 0 Å². The summed E-state index contributed by atoms with van der Waals surface area (Å²) in [5.41, 5.74) is 2.09. The lowest BCUT2D eigenvalue weighted by molar-refractivity contribution is -0.209. The van der Waals surface area contributed by atoms with Gasteiger partial charge in [-0.25, -0.2) is 22.6 Å². The molecule has 1 aromatic heterocycles. The SMILES string of the molecule is Cc1cc(CC(=O)c2ccc(C(F)F)cn2)cc([C@]2(CF)C[C@@H](C(F)(F)F)OC(N)=N2)c1F. The molecule has 2 heterocycles. The lowest BCUT2D eigenvalue weighted by atomic mass is 9.82. The lowest BCUT2D eigenvalue weighted by Crippen LogP contribution is -2.48. The van der Waals surface area contributed by atoms with Crippen LogP contribution in [0.25, 0.3) is 0 Å². The first-order valence-electron chi connectivity index (χ1n) is 9.58. The van der Waals surface area contributed by atoms with E-state index in [4.69, 9.17) is 5.73 Å².